The van der Waals surface area contributed by atoms with Crippen molar-refractivity contribution < 1.29 is 25.8 Å². The summed E-state index contributed by atoms with van der Waals surface area (Å²) in [7, 11) is 0. The van der Waals surface area contributed by atoms with Gasteiger partial charge in [0, 0.05) is 40.4 Å². The minimum Gasteiger partial charge on any atom is -0.509 e. The Bertz CT molecular complexity index is 2140. The Morgan fingerprint density at radius 2 is 1.62 bits per heavy atom. The van der Waals surface area contributed by atoms with Gasteiger partial charge in [0.2, 0.25) is 0 Å². The number of rotatable bonds is 7. The Balaban J connectivity index is 0.00000401. The van der Waals surface area contributed by atoms with Gasteiger partial charge in [0.1, 0.15) is 5.82 Å². The van der Waals surface area contributed by atoms with Crippen LogP contribution in [0, 0.1) is 30.9 Å². The molecule has 6 aromatic rings. The van der Waals surface area contributed by atoms with E-state index in [0.717, 1.165) is 38.9 Å². The zero-order valence-corrected chi connectivity index (χ0v) is 31.4. The van der Waals surface area contributed by atoms with Gasteiger partial charge in [-0.15, -0.1) is 35.7 Å². The normalized spacial score (nSPS) is 18.0. The van der Waals surface area contributed by atoms with Crippen LogP contribution in [-0.2, 0) is 21.1 Å². The summed E-state index contributed by atoms with van der Waals surface area (Å²) in [6, 6.07) is 29.9. The van der Waals surface area contributed by atoms with Gasteiger partial charge in [0.25, 0.3) is 0 Å². The van der Waals surface area contributed by atoms with Crippen LogP contribution >= 0.6 is 0 Å². The zero-order chi connectivity index (χ0) is 33.0. The van der Waals surface area contributed by atoms with Crippen molar-refractivity contribution in [1.29, 1.82) is 0 Å². The second kappa shape index (κ2) is 13.5. The van der Waals surface area contributed by atoms with Crippen molar-refractivity contribution in [3.8, 4) is 23.0 Å². The van der Waals surface area contributed by atoms with Gasteiger partial charge in [0.15, 0.2) is 0 Å². The van der Waals surface area contributed by atoms with Crippen LogP contribution in [0.1, 0.15) is 95.2 Å². The van der Waals surface area contributed by atoms with Gasteiger partial charge < -0.3 is 9.30 Å². The molecule has 7 rings (SSSR count). The molecule has 1 aliphatic carbocycles. The third-order valence-corrected chi connectivity index (χ3v) is 9.63. The quantitative estimate of drug-likeness (QED) is 0.119. The molecule has 0 bridgehead atoms. The van der Waals surface area contributed by atoms with Crippen molar-refractivity contribution in [2.24, 2.45) is 11.8 Å². The number of fused-ring (bicyclic) bond motifs is 3. The molecule has 0 spiro atoms. The standard InChI is InChI=1S/C42H44N4O.Pt/c1-25(2)41-40(39-29(7)20-28(6)21-30(39)8)42(26(3)4)46(44-41)31-12-11-13-32(23-31)47-33-16-17-35-34-14-9-10-15-36(34)45(37(35)24-33)38-22-27(5)18-19-43-38;/h9-20,22,25-26,28,30,39H,21H2,1-8H3;/q-2;+2/t28-,30-,39?;/m0./s1. The number of benzene rings is 3. The fourth-order valence-corrected chi connectivity index (χ4v) is 7.80. The molecular formula is C42H44N4OPt. The number of allylic oxidation sites excluding steroid dienone is 2. The molecule has 0 aliphatic heterocycles. The summed E-state index contributed by atoms with van der Waals surface area (Å²) >= 11 is 0. The summed E-state index contributed by atoms with van der Waals surface area (Å²) in [5.41, 5.74) is 9.37. The Kier molecular flexibility index (Phi) is 9.55. The number of aryl methyl sites for hydroxylation is 1. The second-order valence-corrected chi connectivity index (χ2v) is 14.1. The SMILES string of the molecule is CC1=C[C@H](C)C[C@H](C)C1c1c(C(C)C)nn(-c2[c-]c(Oc3[c-]c4c(cc3)c3ccccc3n4-c3cc(C)ccn3)ccc2)c1C(C)C.[Pt+2]. The number of para-hydroxylation sites is 1. The molecule has 0 N–H and O–H groups in total. The second-order valence-electron chi connectivity index (χ2n) is 14.1. The Morgan fingerprint density at radius 3 is 2.35 bits per heavy atom. The molecule has 0 radical (unpaired) electrons. The van der Waals surface area contributed by atoms with Gasteiger partial charge in [0.05, 0.1) is 5.69 Å². The molecule has 1 unspecified atom stereocenters. The predicted molar refractivity (Wildman–Crippen MR) is 192 cm³/mol. The number of aromatic nitrogens is 4. The van der Waals surface area contributed by atoms with Crippen molar-refractivity contribution in [3.05, 3.63) is 119 Å². The first-order chi connectivity index (χ1) is 22.6. The van der Waals surface area contributed by atoms with E-state index < -0.39 is 0 Å². The maximum Gasteiger partial charge on any atom is 2.00 e. The van der Waals surface area contributed by atoms with E-state index >= 15 is 0 Å². The number of nitrogens with zero attached hydrogens (tertiary/aromatic N) is 4. The number of pyridine rings is 1. The van der Waals surface area contributed by atoms with Gasteiger partial charge in [-0.05, 0) is 78.8 Å². The largest absolute Gasteiger partial charge is 2.00 e. The van der Waals surface area contributed by atoms with E-state index in [-0.39, 0.29) is 27.0 Å². The molecule has 0 fully saturated rings. The zero-order valence-electron chi connectivity index (χ0n) is 29.1. The molecule has 3 aromatic carbocycles. The third kappa shape index (κ3) is 6.07. The van der Waals surface area contributed by atoms with E-state index in [2.05, 4.69) is 125 Å². The van der Waals surface area contributed by atoms with Gasteiger partial charge in [-0.2, -0.15) is 17.2 Å². The van der Waals surface area contributed by atoms with E-state index in [1.165, 1.54) is 28.9 Å². The van der Waals surface area contributed by atoms with Crippen LogP contribution < -0.4 is 4.74 Å². The first-order valence-electron chi connectivity index (χ1n) is 17.0. The summed E-state index contributed by atoms with van der Waals surface area (Å²) in [5.74, 6) is 4.23. The molecule has 0 saturated carbocycles. The minimum absolute atomic E-state index is 0. The molecule has 3 heterocycles. The van der Waals surface area contributed by atoms with Crippen LogP contribution in [0.3, 0.4) is 0 Å². The van der Waals surface area contributed by atoms with Crippen molar-refractivity contribution in [1.82, 2.24) is 19.3 Å². The first kappa shape index (κ1) is 33.9. The maximum absolute atomic E-state index is 6.51. The van der Waals surface area contributed by atoms with E-state index in [1.54, 1.807) is 0 Å². The number of ether oxygens (including phenoxy) is 1. The Labute approximate surface area is 299 Å². The monoisotopic (exact) mass is 815 g/mol. The topological polar surface area (TPSA) is 44.9 Å². The average molecular weight is 816 g/mol. The Hall–Kier alpha value is -3.95. The summed E-state index contributed by atoms with van der Waals surface area (Å²) in [6.07, 6.45) is 5.52. The van der Waals surface area contributed by atoms with Gasteiger partial charge in [-0.25, -0.2) is 4.98 Å². The molecule has 6 heteroatoms. The molecule has 0 saturated heterocycles. The smallest absolute Gasteiger partial charge is 0.509 e. The summed E-state index contributed by atoms with van der Waals surface area (Å²) < 4.78 is 10.8. The van der Waals surface area contributed by atoms with Crippen molar-refractivity contribution in [2.75, 3.05) is 0 Å². The summed E-state index contributed by atoms with van der Waals surface area (Å²) in [6.45, 7) is 18.2. The van der Waals surface area contributed by atoms with Crippen molar-refractivity contribution >= 4 is 21.8 Å². The molecule has 0 amide bonds. The van der Waals surface area contributed by atoms with Crippen LogP contribution in [0.2, 0.25) is 0 Å². The molecule has 3 aromatic heterocycles. The fourth-order valence-electron chi connectivity index (χ4n) is 7.80. The molecule has 5 nitrogen and oxygen atoms in total. The van der Waals surface area contributed by atoms with E-state index in [0.29, 0.717) is 35.2 Å². The van der Waals surface area contributed by atoms with E-state index in [1.807, 2.05) is 30.5 Å². The van der Waals surface area contributed by atoms with E-state index in [9.17, 15) is 0 Å². The predicted octanol–water partition coefficient (Wildman–Crippen LogP) is 11.0. The van der Waals surface area contributed by atoms with Crippen molar-refractivity contribution in [3.63, 3.8) is 0 Å². The minimum atomic E-state index is 0. The van der Waals surface area contributed by atoms with Crippen LogP contribution in [0.4, 0.5) is 0 Å². The third-order valence-electron chi connectivity index (χ3n) is 9.63. The molecule has 3 atom stereocenters. The van der Waals surface area contributed by atoms with E-state index in [4.69, 9.17) is 14.8 Å². The number of hydrogen-bond acceptors (Lipinski definition) is 3. The maximum atomic E-state index is 6.51. The molecule has 248 valence electrons. The van der Waals surface area contributed by atoms with Crippen molar-refractivity contribution in [2.45, 2.75) is 79.6 Å². The van der Waals surface area contributed by atoms with Crippen LogP contribution in [0.5, 0.6) is 11.5 Å². The van der Waals surface area contributed by atoms with Gasteiger partial charge >= 0.3 is 21.1 Å². The number of hydrogen-bond donors (Lipinski definition) is 0. The van der Waals surface area contributed by atoms with Gasteiger partial charge in [-0.1, -0.05) is 76.9 Å². The molecular weight excluding hydrogens is 772 g/mol. The molecule has 1 aliphatic rings. The van der Waals surface area contributed by atoms with Crippen LogP contribution in [-0.4, -0.2) is 19.3 Å². The summed E-state index contributed by atoms with van der Waals surface area (Å²) in [4.78, 5) is 4.71. The first-order valence-corrected chi connectivity index (χ1v) is 17.0. The molecule has 48 heavy (non-hydrogen) atoms. The van der Waals surface area contributed by atoms with Crippen LogP contribution in [0.25, 0.3) is 33.3 Å². The average Bonchev–Trinajstić information content (AvgIpc) is 3.58. The van der Waals surface area contributed by atoms with Crippen LogP contribution in [0.15, 0.2) is 84.6 Å². The Morgan fingerprint density at radius 1 is 0.854 bits per heavy atom. The fraction of sp³-hybridized carbons (Fsp3) is 0.333. The van der Waals surface area contributed by atoms with Gasteiger partial charge in [-0.3, -0.25) is 4.68 Å². The summed E-state index contributed by atoms with van der Waals surface area (Å²) in [5, 5.41) is 7.58.